The van der Waals surface area contributed by atoms with Gasteiger partial charge in [0, 0.05) is 28.3 Å². The second-order valence-electron chi connectivity index (χ2n) is 8.91. The molecule has 3 N–H and O–H groups in total. The average Bonchev–Trinajstić information content (AvgIpc) is 3.14. The summed E-state index contributed by atoms with van der Waals surface area (Å²) < 4.78 is 6.39. The number of hydrogen-bond acceptors (Lipinski definition) is 5. The number of halogens is 2. The number of benzene rings is 1. The van der Waals surface area contributed by atoms with Crippen LogP contribution in [0.1, 0.15) is 43.9 Å². The van der Waals surface area contributed by atoms with Gasteiger partial charge in [0.05, 0.1) is 16.5 Å². The topological polar surface area (TPSA) is 90.9 Å². The fourth-order valence-electron chi connectivity index (χ4n) is 4.57. The molecule has 32 heavy (non-hydrogen) atoms. The summed E-state index contributed by atoms with van der Waals surface area (Å²) in [4.78, 5) is 31.9. The maximum absolute atomic E-state index is 13.3. The summed E-state index contributed by atoms with van der Waals surface area (Å²) in [5, 5.41) is 4.22. The molecule has 0 radical (unpaired) electrons. The van der Waals surface area contributed by atoms with Crippen molar-refractivity contribution in [2.24, 2.45) is 5.41 Å². The van der Waals surface area contributed by atoms with Crippen LogP contribution in [0.2, 0.25) is 10.0 Å². The molecule has 9 heteroatoms. The molecule has 0 saturated heterocycles. The van der Waals surface area contributed by atoms with Crippen molar-refractivity contribution in [1.82, 2.24) is 9.97 Å². The molecule has 0 bridgehead atoms. The van der Waals surface area contributed by atoms with Crippen molar-refractivity contribution in [3.05, 3.63) is 78.1 Å². The molecule has 0 saturated carbocycles. The molecule has 1 atom stereocenters. The minimum absolute atomic E-state index is 0.0104. The van der Waals surface area contributed by atoms with Gasteiger partial charge in [-0.15, -0.1) is 0 Å². The highest BCUT2D eigenvalue weighted by Gasteiger charge is 2.43. The number of aromatic nitrogens is 2. The first-order valence-electron chi connectivity index (χ1n) is 10.1. The van der Waals surface area contributed by atoms with Crippen LogP contribution in [0.25, 0.3) is 11.3 Å². The van der Waals surface area contributed by atoms with E-state index in [2.05, 4.69) is 29.1 Å². The van der Waals surface area contributed by atoms with Crippen LogP contribution >= 0.6 is 35.4 Å². The SMILES string of the molecule is CC1(C)CC(=O)C2=C(C1)Nc1[nH]c(=S)[nH]c(=O)c1C2c1ccc(-c2ccc(Cl)cc2Cl)o1. The lowest BCUT2D eigenvalue weighted by Gasteiger charge is -2.38. The minimum atomic E-state index is -0.666. The van der Waals surface area contributed by atoms with E-state index in [1.807, 2.05) is 0 Å². The number of ketones is 1. The third-order valence-corrected chi connectivity index (χ3v) is 6.61. The van der Waals surface area contributed by atoms with E-state index in [0.29, 0.717) is 56.9 Å². The van der Waals surface area contributed by atoms with E-state index >= 15 is 0 Å². The highest BCUT2D eigenvalue weighted by molar-refractivity contribution is 7.71. The highest BCUT2D eigenvalue weighted by Crippen LogP contribution is 2.48. The fraction of sp³-hybridized carbons (Fsp3) is 0.261. The first-order chi connectivity index (χ1) is 15.1. The Balaban J connectivity index is 1.71. The lowest BCUT2D eigenvalue weighted by atomic mass is 9.70. The van der Waals surface area contributed by atoms with Gasteiger partial charge in [-0.05, 0) is 54.4 Å². The summed E-state index contributed by atoms with van der Waals surface area (Å²) in [6.45, 7) is 4.10. The number of allylic oxidation sites excluding steroid dienone is 2. The molecule has 0 fully saturated rings. The van der Waals surface area contributed by atoms with E-state index in [1.165, 1.54) is 0 Å². The molecule has 2 aromatic heterocycles. The van der Waals surface area contributed by atoms with Gasteiger partial charge in [0.2, 0.25) is 0 Å². The third kappa shape index (κ3) is 3.54. The van der Waals surface area contributed by atoms with Gasteiger partial charge in [-0.3, -0.25) is 14.6 Å². The zero-order chi connectivity index (χ0) is 22.8. The summed E-state index contributed by atoms with van der Waals surface area (Å²) in [7, 11) is 0. The molecule has 1 aromatic carbocycles. The van der Waals surface area contributed by atoms with Crippen LogP contribution in [0.15, 0.2) is 50.8 Å². The Morgan fingerprint density at radius 3 is 2.62 bits per heavy atom. The molecule has 2 aliphatic rings. The standard InChI is InChI=1S/C23H19Cl2N3O3S/c1-23(2)8-13-17(14(29)9-23)18(19-20(26-13)27-22(32)28-21(19)30)16-6-5-15(31-16)11-4-3-10(24)7-12(11)25/h3-7,18H,8-9H2,1-2H3,(H3,26,27,28,30,32). The maximum atomic E-state index is 13.3. The molecule has 0 amide bonds. The second kappa shape index (κ2) is 7.47. The van der Waals surface area contributed by atoms with Crippen LogP contribution in [0.3, 0.4) is 0 Å². The zero-order valence-electron chi connectivity index (χ0n) is 17.3. The van der Waals surface area contributed by atoms with Crippen LogP contribution in [0, 0.1) is 10.2 Å². The monoisotopic (exact) mass is 487 g/mol. The summed E-state index contributed by atoms with van der Waals surface area (Å²) >= 11 is 17.5. The molecule has 1 unspecified atom stereocenters. The molecule has 0 spiro atoms. The fourth-order valence-corrected chi connectivity index (χ4v) is 5.27. The van der Waals surface area contributed by atoms with Crippen molar-refractivity contribution >= 4 is 47.0 Å². The number of nitrogens with one attached hydrogen (secondary N) is 3. The quantitative estimate of drug-likeness (QED) is 0.374. The van der Waals surface area contributed by atoms with E-state index in [1.54, 1.807) is 30.3 Å². The van der Waals surface area contributed by atoms with Gasteiger partial charge in [-0.2, -0.15) is 0 Å². The lowest BCUT2D eigenvalue weighted by Crippen LogP contribution is -2.36. The molecule has 3 aromatic rings. The number of furan rings is 1. The average molecular weight is 488 g/mol. The zero-order valence-corrected chi connectivity index (χ0v) is 19.6. The number of carbonyl (C=O) groups is 1. The summed E-state index contributed by atoms with van der Waals surface area (Å²) in [5.41, 5.74) is 1.80. The Kier molecular flexibility index (Phi) is 4.96. The molecule has 164 valence electrons. The van der Waals surface area contributed by atoms with Crippen LogP contribution in [-0.2, 0) is 4.79 Å². The number of anilines is 1. The summed E-state index contributed by atoms with van der Waals surface area (Å²) in [5.74, 6) is 0.803. The summed E-state index contributed by atoms with van der Waals surface area (Å²) in [6.07, 6.45) is 1.05. The van der Waals surface area contributed by atoms with Crippen LogP contribution < -0.4 is 10.9 Å². The Hall–Kier alpha value is -2.61. The van der Waals surface area contributed by atoms with Crippen molar-refractivity contribution in [1.29, 1.82) is 0 Å². The first-order valence-corrected chi connectivity index (χ1v) is 11.2. The largest absolute Gasteiger partial charge is 0.460 e. The number of aromatic amines is 2. The van der Waals surface area contributed by atoms with Gasteiger partial charge in [-0.25, -0.2) is 0 Å². The van der Waals surface area contributed by atoms with Gasteiger partial charge in [0.1, 0.15) is 17.3 Å². The molecule has 6 nitrogen and oxygen atoms in total. The van der Waals surface area contributed by atoms with Crippen LogP contribution in [0.5, 0.6) is 0 Å². The third-order valence-electron chi connectivity index (χ3n) is 5.86. The van der Waals surface area contributed by atoms with Crippen molar-refractivity contribution in [3.63, 3.8) is 0 Å². The van der Waals surface area contributed by atoms with E-state index in [4.69, 9.17) is 39.8 Å². The molecule has 1 aliphatic heterocycles. The Bertz CT molecular complexity index is 1430. The van der Waals surface area contributed by atoms with E-state index in [-0.39, 0.29) is 21.5 Å². The Morgan fingerprint density at radius 2 is 1.88 bits per heavy atom. The van der Waals surface area contributed by atoms with Crippen molar-refractivity contribution in [2.45, 2.75) is 32.6 Å². The molecule has 5 rings (SSSR count). The first kappa shape index (κ1) is 21.2. The number of fused-ring (bicyclic) bond motifs is 1. The van der Waals surface area contributed by atoms with Gasteiger partial charge < -0.3 is 14.7 Å². The Morgan fingerprint density at radius 1 is 1.09 bits per heavy atom. The lowest BCUT2D eigenvalue weighted by molar-refractivity contribution is -0.118. The smallest absolute Gasteiger partial charge is 0.258 e. The Labute approximate surface area is 198 Å². The molecular weight excluding hydrogens is 469 g/mol. The number of Topliss-reactive ketones (excluding diaryl/α,β-unsaturated/α-hetero) is 1. The highest BCUT2D eigenvalue weighted by atomic mass is 35.5. The predicted octanol–water partition coefficient (Wildman–Crippen LogP) is 6.20. The van der Waals surface area contributed by atoms with Crippen molar-refractivity contribution < 1.29 is 9.21 Å². The predicted molar refractivity (Wildman–Crippen MR) is 127 cm³/mol. The van der Waals surface area contributed by atoms with Gasteiger partial charge >= 0.3 is 0 Å². The number of carbonyl (C=O) groups excluding carboxylic acids is 1. The second-order valence-corrected chi connectivity index (χ2v) is 10.2. The van der Waals surface area contributed by atoms with E-state index < -0.39 is 5.92 Å². The van der Waals surface area contributed by atoms with E-state index in [0.717, 1.165) is 5.70 Å². The number of H-pyrrole nitrogens is 2. The minimum Gasteiger partial charge on any atom is -0.460 e. The number of hydrogen-bond donors (Lipinski definition) is 3. The molecule has 3 heterocycles. The van der Waals surface area contributed by atoms with Crippen molar-refractivity contribution in [3.8, 4) is 11.3 Å². The molecular formula is C23H19Cl2N3O3S. The van der Waals surface area contributed by atoms with Crippen LogP contribution in [0.4, 0.5) is 5.82 Å². The molecule has 1 aliphatic carbocycles. The summed E-state index contributed by atoms with van der Waals surface area (Å²) in [6, 6.07) is 8.69. The van der Waals surface area contributed by atoms with E-state index in [9.17, 15) is 9.59 Å². The maximum Gasteiger partial charge on any atom is 0.258 e. The normalized spacial score (nSPS) is 19.4. The van der Waals surface area contributed by atoms with Crippen LogP contribution in [-0.4, -0.2) is 15.8 Å². The van der Waals surface area contributed by atoms with Gasteiger partial charge in [0.15, 0.2) is 10.6 Å². The van der Waals surface area contributed by atoms with Gasteiger partial charge in [-0.1, -0.05) is 37.0 Å². The number of rotatable bonds is 2. The van der Waals surface area contributed by atoms with Gasteiger partial charge in [0.25, 0.3) is 5.56 Å². The van der Waals surface area contributed by atoms with Crippen molar-refractivity contribution in [2.75, 3.05) is 5.32 Å².